The van der Waals surface area contributed by atoms with E-state index in [0.717, 1.165) is 50.7 Å². The summed E-state index contributed by atoms with van der Waals surface area (Å²) in [4.78, 5) is 36.4. The highest BCUT2D eigenvalue weighted by molar-refractivity contribution is 7.20. The first-order valence-electron chi connectivity index (χ1n) is 9.11. The number of piperidine rings is 1. The number of piperazine rings is 1. The molecule has 0 spiro atoms. The van der Waals surface area contributed by atoms with E-state index in [1.165, 1.54) is 21.9 Å². The van der Waals surface area contributed by atoms with Gasteiger partial charge < -0.3 is 14.7 Å². The van der Waals surface area contributed by atoms with Gasteiger partial charge in [-0.3, -0.25) is 9.59 Å². The van der Waals surface area contributed by atoms with Crippen molar-refractivity contribution < 1.29 is 4.79 Å². The third-order valence-electron chi connectivity index (χ3n) is 5.22. The summed E-state index contributed by atoms with van der Waals surface area (Å²) in [7, 11) is 2.09. The molecule has 0 saturated carbocycles. The second-order valence-electron chi connectivity index (χ2n) is 7.23. The highest BCUT2D eigenvalue weighted by atomic mass is 32.1. The fourth-order valence-corrected chi connectivity index (χ4v) is 4.66. The standard InChI is InChI=1S/C17H24N6O2S/c1-12-10-14(24)23-16(18-12)26-17(19-23)22-5-3-4-13(11-22)15(25)21-8-6-20(2)7-9-21/h10,13H,3-9,11H2,1-2H3/t13-/m0/s1. The van der Waals surface area contributed by atoms with Crippen LogP contribution in [0.1, 0.15) is 18.5 Å². The molecular weight excluding hydrogens is 352 g/mol. The van der Waals surface area contributed by atoms with Crippen molar-refractivity contribution in [2.24, 2.45) is 5.92 Å². The monoisotopic (exact) mass is 376 g/mol. The Bertz CT molecular complexity index is 870. The zero-order chi connectivity index (χ0) is 18.3. The summed E-state index contributed by atoms with van der Waals surface area (Å²) >= 11 is 1.42. The van der Waals surface area contributed by atoms with Crippen LogP contribution in [0.25, 0.3) is 4.96 Å². The number of hydrogen-bond donors (Lipinski definition) is 0. The van der Waals surface area contributed by atoms with E-state index in [9.17, 15) is 9.59 Å². The van der Waals surface area contributed by atoms with Crippen LogP contribution in [0.15, 0.2) is 10.9 Å². The van der Waals surface area contributed by atoms with Gasteiger partial charge in [0, 0.05) is 51.0 Å². The topological polar surface area (TPSA) is 74.1 Å². The van der Waals surface area contributed by atoms with Crippen molar-refractivity contribution in [3.05, 3.63) is 22.1 Å². The highest BCUT2D eigenvalue weighted by Crippen LogP contribution is 2.27. The Hall–Kier alpha value is -2.00. The Balaban J connectivity index is 1.51. The van der Waals surface area contributed by atoms with Crippen LogP contribution < -0.4 is 10.5 Å². The molecule has 1 amide bonds. The molecule has 0 radical (unpaired) electrons. The molecule has 0 aromatic carbocycles. The van der Waals surface area contributed by atoms with Crippen molar-refractivity contribution in [3.8, 4) is 0 Å². The summed E-state index contributed by atoms with van der Waals surface area (Å²) in [5, 5.41) is 5.22. The van der Waals surface area contributed by atoms with Gasteiger partial charge in [0.1, 0.15) is 0 Å². The van der Waals surface area contributed by atoms with E-state index in [1.54, 1.807) is 0 Å². The minimum absolute atomic E-state index is 0.00517. The van der Waals surface area contributed by atoms with Crippen LogP contribution in [0.4, 0.5) is 5.13 Å². The van der Waals surface area contributed by atoms with Gasteiger partial charge in [-0.1, -0.05) is 11.3 Å². The zero-order valence-electron chi connectivity index (χ0n) is 15.2. The number of rotatable bonds is 2. The van der Waals surface area contributed by atoms with Crippen LogP contribution in [0.3, 0.4) is 0 Å². The van der Waals surface area contributed by atoms with Gasteiger partial charge >= 0.3 is 0 Å². The van der Waals surface area contributed by atoms with Crippen molar-refractivity contribution in [2.75, 3.05) is 51.2 Å². The molecule has 0 unspecified atom stereocenters. The number of fused-ring (bicyclic) bond motifs is 1. The molecule has 2 fully saturated rings. The van der Waals surface area contributed by atoms with Crippen molar-refractivity contribution in [1.29, 1.82) is 0 Å². The molecule has 2 aliphatic heterocycles. The third-order valence-corrected chi connectivity index (χ3v) is 6.19. The van der Waals surface area contributed by atoms with Gasteiger partial charge in [-0.25, -0.2) is 4.98 Å². The maximum Gasteiger partial charge on any atom is 0.275 e. The predicted molar refractivity (Wildman–Crippen MR) is 101 cm³/mol. The van der Waals surface area contributed by atoms with Gasteiger partial charge in [-0.2, -0.15) is 4.52 Å². The summed E-state index contributed by atoms with van der Waals surface area (Å²) in [5.41, 5.74) is 0.545. The summed E-state index contributed by atoms with van der Waals surface area (Å²) in [6.07, 6.45) is 1.88. The van der Waals surface area contributed by atoms with Gasteiger partial charge in [0.2, 0.25) is 16.0 Å². The number of likely N-dealkylation sites (N-methyl/N-ethyl adjacent to an activating group) is 1. The number of carbonyl (C=O) groups is 1. The fourth-order valence-electron chi connectivity index (χ4n) is 3.68. The van der Waals surface area contributed by atoms with E-state index in [0.29, 0.717) is 17.2 Å². The van der Waals surface area contributed by atoms with Crippen LogP contribution in [0.2, 0.25) is 0 Å². The molecule has 2 aromatic heterocycles. The zero-order valence-corrected chi connectivity index (χ0v) is 16.0. The lowest BCUT2D eigenvalue weighted by Crippen LogP contribution is -2.51. The maximum atomic E-state index is 12.9. The lowest BCUT2D eigenvalue weighted by atomic mass is 9.96. The molecule has 8 nitrogen and oxygen atoms in total. The Morgan fingerprint density at radius 2 is 2.00 bits per heavy atom. The minimum atomic E-state index is -0.155. The van der Waals surface area contributed by atoms with Crippen molar-refractivity contribution in [3.63, 3.8) is 0 Å². The Morgan fingerprint density at radius 1 is 1.23 bits per heavy atom. The Kier molecular flexibility index (Phi) is 4.66. The molecule has 2 saturated heterocycles. The molecule has 4 rings (SSSR count). The van der Waals surface area contributed by atoms with Crippen LogP contribution in [-0.4, -0.2) is 76.6 Å². The lowest BCUT2D eigenvalue weighted by molar-refractivity contribution is -0.137. The molecule has 1 atom stereocenters. The van der Waals surface area contributed by atoms with Gasteiger partial charge in [0.15, 0.2) is 0 Å². The number of aryl methyl sites for hydroxylation is 1. The first-order chi connectivity index (χ1) is 12.5. The SMILES string of the molecule is Cc1cc(=O)n2nc(N3CCC[C@H](C(=O)N4CCN(C)CC4)C3)sc2n1. The smallest absolute Gasteiger partial charge is 0.275 e. The average Bonchev–Trinajstić information content (AvgIpc) is 3.06. The minimum Gasteiger partial charge on any atom is -0.346 e. The molecule has 2 aromatic rings. The quantitative estimate of drug-likeness (QED) is 0.758. The second-order valence-corrected chi connectivity index (χ2v) is 8.16. The summed E-state index contributed by atoms with van der Waals surface area (Å²) < 4.78 is 1.36. The van der Waals surface area contributed by atoms with Crippen molar-refractivity contribution >= 4 is 27.3 Å². The Morgan fingerprint density at radius 3 is 2.77 bits per heavy atom. The average molecular weight is 376 g/mol. The fraction of sp³-hybridized carbons (Fsp3) is 0.647. The third kappa shape index (κ3) is 3.33. The summed E-state index contributed by atoms with van der Waals surface area (Å²) in [5.74, 6) is 0.264. The Labute approximate surface area is 156 Å². The molecule has 0 aliphatic carbocycles. The molecule has 0 bridgehead atoms. The van der Waals surface area contributed by atoms with Crippen molar-refractivity contribution in [2.45, 2.75) is 19.8 Å². The molecule has 9 heteroatoms. The largest absolute Gasteiger partial charge is 0.346 e. The van der Waals surface area contributed by atoms with E-state index in [2.05, 4.69) is 26.9 Å². The van der Waals surface area contributed by atoms with E-state index in [-0.39, 0.29) is 17.4 Å². The first-order valence-corrected chi connectivity index (χ1v) is 9.93. The molecular formula is C17H24N6O2S. The molecule has 4 heterocycles. The lowest BCUT2D eigenvalue weighted by Gasteiger charge is -2.37. The molecule has 140 valence electrons. The van der Waals surface area contributed by atoms with Crippen molar-refractivity contribution in [1.82, 2.24) is 24.4 Å². The normalized spacial score (nSPS) is 22.2. The number of carbonyl (C=O) groups excluding carboxylic acids is 1. The first kappa shape index (κ1) is 17.4. The summed E-state index contributed by atoms with van der Waals surface area (Å²) in [6, 6.07) is 1.49. The van der Waals surface area contributed by atoms with Crippen LogP contribution in [0.5, 0.6) is 0 Å². The number of amides is 1. The van der Waals surface area contributed by atoms with Gasteiger partial charge in [-0.05, 0) is 26.8 Å². The van der Waals surface area contributed by atoms with Crippen LogP contribution in [0, 0.1) is 12.8 Å². The number of aromatic nitrogens is 3. The van der Waals surface area contributed by atoms with Gasteiger partial charge in [0.25, 0.3) is 5.56 Å². The number of anilines is 1. The van der Waals surface area contributed by atoms with E-state index < -0.39 is 0 Å². The van der Waals surface area contributed by atoms with Crippen LogP contribution in [-0.2, 0) is 4.79 Å². The van der Waals surface area contributed by atoms with E-state index in [4.69, 9.17) is 0 Å². The molecule has 26 heavy (non-hydrogen) atoms. The highest BCUT2D eigenvalue weighted by Gasteiger charge is 2.31. The van der Waals surface area contributed by atoms with Crippen LogP contribution >= 0.6 is 11.3 Å². The number of hydrogen-bond acceptors (Lipinski definition) is 7. The van der Waals surface area contributed by atoms with Gasteiger partial charge in [-0.15, -0.1) is 5.10 Å². The maximum absolute atomic E-state index is 12.9. The van der Waals surface area contributed by atoms with E-state index >= 15 is 0 Å². The number of nitrogens with zero attached hydrogens (tertiary/aromatic N) is 6. The molecule has 2 aliphatic rings. The summed E-state index contributed by atoms with van der Waals surface area (Å²) in [6.45, 7) is 6.84. The van der Waals surface area contributed by atoms with Gasteiger partial charge in [0.05, 0.1) is 5.92 Å². The predicted octanol–water partition coefficient (Wildman–Crippen LogP) is 0.450. The van der Waals surface area contributed by atoms with E-state index in [1.807, 2.05) is 11.8 Å². The second kappa shape index (κ2) is 6.96. The molecule has 0 N–H and O–H groups in total.